The minimum Gasteiger partial charge on any atom is -0.115 e. The Bertz CT molecular complexity index is 201. The van der Waals surface area contributed by atoms with Crippen molar-refractivity contribution in [1.29, 1.82) is 0 Å². The van der Waals surface area contributed by atoms with Gasteiger partial charge in [0.15, 0.2) is 0 Å². The highest BCUT2D eigenvalue weighted by atomic mass is 14.0. The van der Waals surface area contributed by atoms with Gasteiger partial charge in [0.1, 0.15) is 0 Å². The van der Waals surface area contributed by atoms with Crippen molar-refractivity contribution >= 4 is 0 Å². The molecule has 0 bridgehead atoms. The van der Waals surface area contributed by atoms with Crippen LogP contribution in [-0.2, 0) is 0 Å². The van der Waals surface area contributed by atoms with Gasteiger partial charge in [0.05, 0.1) is 0 Å². The summed E-state index contributed by atoms with van der Waals surface area (Å²) in [5.74, 6) is 2.75. The van der Waals surface area contributed by atoms with Crippen molar-refractivity contribution in [2.24, 2.45) is 0 Å². The van der Waals surface area contributed by atoms with E-state index < -0.39 is 0 Å². The lowest BCUT2D eigenvalue weighted by Crippen LogP contribution is -1.87. The molecule has 0 rings (SSSR count). The fourth-order valence-corrected chi connectivity index (χ4v) is 1.22. The van der Waals surface area contributed by atoms with E-state index in [0.717, 1.165) is 31.3 Å². The van der Waals surface area contributed by atoms with Crippen molar-refractivity contribution in [2.75, 3.05) is 0 Å². The predicted molar refractivity (Wildman–Crippen MR) is 55.9 cm³/mol. The molecule has 0 aromatic carbocycles. The van der Waals surface area contributed by atoms with Crippen LogP contribution >= 0.6 is 0 Å². The Morgan fingerprint density at radius 3 is 2.25 bits per heavy atom. The van der Waals surface area contributed by atoms with Crippen LogP contribution in [0.1, 0.15) is 39.5 Å². The van der Waals surface area contributed by atoms with E-state index in [-0.39, 0.29) is 0 Å². The molecule has 0 aromatic rings. The molecule has 0 aliphatic rings. The van der Waals surface area contributed by atoms with E-state index in [1.165, 1.54) is 5.57 Å². The van der Waals surface area contributed by atoms with Crippen molar-refractivity contribution in [1.82, 2.24) is 0 Å². The maximum Gasteiger partial charge on any atom is 0.00492 e. The van der Waals surface area contributed by atoms with Crippen molar-refractivity contribution < 1.29 is 0 Å². The van der Waals surface area contributed by atoms with Gasteiger partial charge in [0, 0.05) is 5.57 Å². The lowest BCUT2D eigenvalue weighted by Gasteiger charge is -2.04. The van der Waals surface area contributed by atoms with E-state index in [0.29, 0.717) is 0 Å². The molecule has 0 heterocycles. The van der Waals surface area contributed by atoms with Crippen molar-refractivity contribution in [3.05, 3.63) is 23.8 Å². The molecule has 0 aliphatic carbocycles. The molecule has 0 N–H and O–H groups in total. The fourth-order valence-electron chi connectivity index (χ4n) is 1.22. The van der Waals surface area contributed by atoms with Crippen molar-refractivity contribution in [3.63, 3.8) is 0 Å². The van der Waals surface area contributed by atoms with Crippen LogP contribution in [0.15, 0.2) is 23.8 Å². The molecular formula is C12H18. The third kappa shape index (κ3) is 3.44. The zero-order valence-corrected chi connectivity index (χ0v) is 8.19. The average molecular weight is 162 g/mol. The van der Waals surface area contributed by atoms with Gasteiger partial charge in [0.25, 0.3) is 0 Å². The highest BCUT2D eigenvalue weighted by Crippen LogP contribution is 2.15. The van der Waals surface area contributed by atoms with Crippen LogP contribution in [0.5, 0.6) is 0 Å². The first kappa shape index (κ1) is 11.0. The summed E-state index contributed by atoms with van der Waals surface area (Å²) in [6, 6.07) is 0. The molecule has 0 aliphatic heterocycles. The molecule has 0 saturated heterocycles. The molecule has 12 heavy (non-hydrogen) atoms. The van der Waals surface area contributed by atoms with Gasteiger partial charge < -0.3 is 0 Å². The Morgan fingerprint density at radius 2 is 1.92 bits per heavy atom. The quantitative estimate of drug-likeness (QED) is 0.427. The largest absolute Gasteiger partial charge is 0.115 e. The molecule has 0 amide bonds. The lowest BCUT2D eigenvalue weighted by molar-refractivity contribution is 0.875. The Morgan fingerprint density at radius 1 is 1.33 bits per heavy atom. The van der Waals surface area contributed by atoms with Gasteiger partial charge in [-0.3, -0.25) is 0 Å². The Labute approximate surface area is 76.4 Å². The SMILES string of the molecule is C#C/C(CCC)=C(\C=C)CCC. The second kappa shape index (κ2) is 6.73. The Hall–Kier alpha value is -0.960. The van der Waals surface area contributed by atoms with Gasteiger partial charge in [-0.1, -0.05) is 45.3 Å². The molecule has 66 valence electrons. The van der Waals surface area contributed by atoms with Gasteiger partial charge in [0.2, 0.25) is 0 Å². The van der Waals surface area contributed by atoms with Gasteiger partial charge in [-0.15, -0.1) is 6.42 Å². The van der Waals surface area contributed by atoms with Crippen LogP contribution in [-0.4, -0.2) is 0 Å². The van der Waals surface area contributed by atoms with Crippen LogP contribution in [0.3, 0.4) is 0 Å². The highest BCUT2D eigenvalue weighted by molar-refractivity contribution is 5.36. The number of terminal acetylenes is 1. The number of rotatable bonds is 5. The molecule has 0 aromatic heterocycles. The minimum atomic E-state index is 1.01. The van der Waals surface area contributed by atoms with E-state index in [1.54, 1.807) is 0 Å². The first-order chi connectivity index (χ1) is 5.79. The van der Waals surface area contributed by atoms with Crippen LogP contribution in [0.4, 0.5) is 0 Å². The molecule has 0 heteroatoms. The number of hydrogen-bond donors (Lipinski definition) is 0. The van der Waals surface area contributed by atoms with Gasteiger partial charge in [-0.05, 0) is 18.4 Å². The van der Waals surface area contributed by atoms with Crippen molar-refractivity contribution in [3.8, 4) is 12.3 Å². The first-order valence-electron chi connectivity index (χ1n) is 4.61. The summed E-state index contributed by atoms with van der Waals surface area (Å²) in [5.41, 5.74) is 2.39. The highest BCUT2D eigenvalue weighted by Gasteiger charge is 1.98. The first-order valence-corrected chi connectivity index (χ1v) is 4.61. The van der Waals surface area contributed by atoms with Gasteiger partial charge in [-0.25, -0.2) is 0 Å². The average Bonchev–Trinajstić information content (AvgIpc) is 2.11. The maximum atomic E-state index is 5.41. The molecule has 0 fully saturated rings. The summed E-state index contributed by atoms with van der Waals surface area (Å²) in [6.07, 6.45) is 11.6. The normalized spacial score (nSPS) is 11.8. The molecule has 0 spiro atoms. The summed E-state index contributed by atoms with van der Waals surface area (Å²) >= 11 is 0. The topological polar surface area (TPSA) is 0 Å². The second-order valence-electron chi connectivity index (χ2n) is 2.85. The van der Waals surface area contributed by atoms with Crippen LogP contribution in [0.25, 0.3) is 0 Å². The lowest BCUT2D eigenvalue weighted by atomic mass is 10.0. The monoisotopic (exact) mass is 162 g/mol. The third-order valence-electron chi connectivity index (χ3n) is 1.83. The number of allylic oxidation sites excluding steroid dienone is 3. The van der Waals surface area contributed by atoms with Crippen LogP contribution in [0.2, 0.25) is 0 Å². The van der Waals surface area contributed by atoms with E-state index in [2.05, 4.69) is 26.3 Å². The van der Waals surface area contributed by atoms with Crippen LogP contribution < -0.4 is 0 Å². The molecule has 0 unspecified atom stereocenters. The molecule has 0 radical (unpaired) electrons. The summed E-state index contributed by atoms with van der Waals surface area (Å²) in [6.45, 7) is 8.08. The summed E-state index contributed by atoms with van der Waals surface area (Å²) in [5, 5.41) is 0. The molecular weight excluding hydrogens is 144 g/mol. The van der Waals surface area contributed by atoms with E-state index in [1.807, 2.05) is 6.08 Å². The summed E-state index contributed by atoms with van der Waals surface area (Å²) in [4.78, 5) is 0. The summed E-state index contributed by atoms with van der Waals surface area (Å²) in [7, 11) is 0. The Kier molecular flexibility index (Phi) is 6.19. The fraction of sp³-hybridized carbons (Fsp3) is 0.500. The molecule has 0 atom stereocenters. The standard InChI is InChI=1S/C12H18/c1-5-9-11(7-3)12(8-4)10-6-2/h3,8H,4-6,9-10H2,1-2H3/b12-11-. The van der Waals surface area contributed by atoms with Gasteiger partial charge in [-0.2, -0.15) is 0 Å². The summed E-state index contributed by atoms with van der Waals surface area (Å²) < 4.78 is 0. The van der Waals surface area contributed by atoms with Gasteiger partial charge >= 0.3 is 0 Å². The predicted octanol–water partition coefficient (Wildman–Crippen LogP) is 3.70. The Balaban J connectivity index is 4.52. The smallest absolute Gasteiger partial charge is 0.00492 e. The molecule has 0 nitrogen and oxygen atoms in total. The number of hydrogen-bond acceptors (Lipinski definition) is 0. The molecule has 0 saturated carbocycles. The minimum absolute atomic E-state index is 1.01. The maximum absolute atomic E-state index is 5.41. The van der Waals surface area contributed by atoms with E-state index in [4.69, 9.17) is 6.42 Å². The zero-order valence-electron chi connectivity index (χ0n) is 8.19. The second-order valence-corrected chi connectivity index (χ2v) is 2.85. The third-order valence-corrected chi connectivity index (χ3v) is 1.83. The van der Waals surface area contributed by atoms with Crippen molar-refractivity contribution in [2.45, 2.75) is 39.5 Å². The van der Waals surface area contributed by atoms with E-state index in [9.17, 15) is 0 Å². The van der Waals surface area contributed by atoms with E-state index >= 15 is 0 Å². The van der Waals surface area contributed by atoms with Crippen LogP contribution in [0, 0.1) is 12.3 Å². The zero-order chi connectivity index (χ0) is 9.40.